The average Bonchev–Trinajstić information content (AvgIpc) is 2.34. The standard InChI is InChI=1S/C13H24N2O3/c1-9(2)13(18)15-6-4-5-11(8-15)12(17)14-7-10(3)16/h9-11,16H,4-8H2,1-3H3,(H,14,17)/t10-,11?/m0/s1. The van der Waals surface area contributed by atoms with E-state index in [1.807, 2.05) is 13.8 Å². The van der Waals surface area contributed by atoms with Gasteiger partial charge in [0.05, 0.1) is 12.0 Å². The number of amides is 2. The molecular weight excluding hydrogens is 232 g/mol. The van der Waals surface area contributed by atoms with Gasteiger partial charge in [-0.15, -0.1) is 0 Å². The number of aliphatic hydroxyl groups is 1. The minimum atomic E-state index is -0.536. The number of carbonyl (C=O) groups excluding carboxylic acids is 2. The summed E-state index contributed by atoms with van der Waals surface area (Å²) in [5.41, 5.74) is 0. The quantitative estimate of drug-likeness (QED) is 0.764. The summed E-state index contributed by atoms with van der Waals surface area (Å²) in [5.74, 6) is -0.107. The zero-order valence-electron chi connectivity index (χ0n) is 11.5. The van der Waals surface area contributed by atoms with Crippen molar-refractivity contribution in [1.29, 1.82) is 0 Å². The topological polar surface area (TPSA) is 69.6 Å². The van der Waals surface area contributed by atoms with Gasteiger partial charge in [-0.2, -0.15) is 0 Å². The van der Waals surface area contributed by atoms with Crippen molar-refractivity contribution in [3.05, 3.63) is 0 Å². The van der Waals surface area contributed by atoms with Crippen LogP contribution in [0.1, 0.15) is 33.6 Å². The van der Waals surface area contributed by atoms with E-state index in [2.05, 4.69) is 5.32 Å². The summed E-state index contributed by atoms with van der Waals surface area (Å²) in [6.07, 6.45) is 1.14. The molecule has 0 radical (unpaired) electrons. The second-order valence-electron chi connectivity index (χ2n) is 5.37. The van der Waals surface area contributed by atoms with Gasteiger partial charge in [-0.05, 0) is 19.8 Å². The van der Waals surface area contributed by atoms with Crippen molar-refractivity contribution in [3.63, 3.8) is 0 Å². The first-order chi connectivity index (χ1) is 8.41. The number of piperidine rings is 1. The van der Waals surface area contributed by atoms with Crippen molar-refractivity contribution in [2.45, 2.75) is 39.7 Å². The lowest BCUT2D eigenvalue weighted by Crippen LogP contribution is -2.47. The van der Waals surface area contributed by atoms with Crippen LogP contribution in [0.3, 0.4) is 0 Å². The molecule has 5 nitrogen and oxygen atoms in total. The molecule has 1 heterocycles. The van der Waals surface area contributed by atoms with Crippen LogP contribution in [-0.4, -0.2) is 47.6 Å². The fourth-order valence-electron chi connectivity index (χ4n) is 2.15. The van der Waals surface area contributed by atoms with Crippen molar-refractivity contribution in [3.8, 4) is 0 Å². The maximum absolute atomic E-state index is 11.9. The number of carbonyl (C=O) groups is 2. The molecule has 1 rings (SSSR count). The lowest BCUT2D eigenvalue weighted by Gasteiger charge is -2.33. The normalized spacial score (nSPS) is 21.8. The highest BCUT2D eigenvalue weighted by molar-refractivity contribution is 5.82. The second kappa shape index (κ2) is 6.73. The van der Waals surface area contributed by atoms with Crippen LogP contribution in [0.2, 0.25) is 0 Å². The van der Waals surface area contributed by atoms with Gasteiger partial charge in [0.2, 0.25) is 11.8 Å². The lowest BCUT2D eigenvalue weighted by molar-refractivity contribution is -0.138. The molecule has 0 aliphatic carbocycles. The summed E-state index contributed by atoms with van der Waals surface area (Å²) in [6, 6.07) is 0. The first-order valence-corrected chi connectivity index (χ1v) is 6.66. The fraction of sp³-hybridized carbons (Fsp3) is 0.846. The Morgan fingerprint density at radius 1 is 1.39 bits per heavy atom. The van der Waals surface area contributed by atoms with E-state index in [9.17, 15) is 9.59 Å². The van der Waals surface area contributed by atoms with Crippen molar-refractivity contribution >= 4 is 11.8 Å². The van der Waals surface area contributed by atoms with E-state index in [1.165, 1.54) is 0 Å². The van der Waals surface area contributed by atoms with Gasteiger partial charge >= 0.3 is 0 Å². The van der Waals surface area contributed by atoms with E-state index in [-0.39, 0.29) is 30.2 Å². The van der Waals surface area contributed by atoms with Crippen LogP contribution in [0.4, 0.5) is 0 Å². The molecule has 104 valence electrons. The third-order valence-electron chi connectivity index (χ3n) is 3.17. The Labute approximate surface area is 109 Å². The van der Waals surface area contributed by atoms with E-state index >= 15 is 0 Å². The van der Waals surface area contributed by atoms with Gasteiger partial charge in [0.25, 0.3) is 0 Å². The molecule has 2 amide bonds. The van der Waals surface area contributed by atoms with Gasteiger partial charge in [-0.3, -0.25) is 9.59 Å². The number of hydrogen-bond acceptors (Lipinski definition) is 3. The first kappa shape index (κ1) is 15.0. The summed E-state index contributed by atoms with van der Waals surface area (Å²) in [7, 11) is 0. The summed E-state index contributed by atoms with van der Waals surface area (Å²) in [5, 5.41) is 11.8. The molecule has 1 fully saturated rings. The summed E-state index contributed by atoms with van der Waals surface area (Å²) in [4.78, 5) is 25.5. The van der Waals surface area contributed by atoms with Crippen LogP contribution in [0.15, 0.2) is 0 Å². The molecule has 1 unspecified atom stereocenters. The summed E-state index contributed by atoms with van der Waals surface area (Å²) in [6.45, 7) is 6.90. The van der Waals surface area contributed by atoms with Gasteiger partial charge in [-0.25, -0.2) is 0 Å². The predicted octanol–water partition coefficient (Wildman–Crippen LogP) is 0.378. The number of aliphatic hydroxyl groups excluding tert-OH is 1. The zero-order valence-corrected chi connectivity index (χ0v) is 11.5. The van der Waals surface area contributed by atoms with Crippen molar-refractivity contribution in [1.82, 2.24) is 10.2 Å². The van der Waals surface area contributed by atoms with E-state index in [1.54, 1.807) is 11.8 Å². The van der Waals surface area contributed by atoms with Crippen molar-refractivity contribution < 1.29 is 14.7 Å². The monoisotopic (exact) mass is 256 g/mol. The maximum Gasteiger partial charge on any atom is 0.225 e. The first-order valence-electron chi connectivity index (χ1n) is 6.66. The molecule has 0 saturated carbocycles. The minimum Gasteiger partial charge on any atom is -0.392 e. The molecule has 0 bridgehead atoms. The second-order valence-corrected chi connectivity index (χ2v) is 5.37. The highest BCUT2D eigenvalue weighted by atomic mass is 16.3. The van der Waals surface area contributed by atoms with Gasteiger partial charge in [-0.1, -0.05) is 13.8 Å². The summed E-state index contributed by atoms with van der Waals surface area (Å²) < 4.78 is 0. The Hall–Kier alpha value is -1.10. The molecule has 1 aliphatic rings. The Morgan fingerprint density at radius 2 is 2.06 bits per heavy atom. The van der Waals surface area contributed by atoms with Gasteiger partial charge in [0, 0.05) is 25.6 Å². The minimum absolute atomic E-state index is 0.0238. The third kappa shape index (κ3) is 4.29. The predicted molar refractivity (Wildman–Crippen MR) is 68.8 cm³/mol. The van der Waals surface area contributed by atoms with Crippen molar-refractivity contribution in [2.75, 3.05) is 19.6 Å². The third-order valence-corrected chi connectivity index (χ3v) is 3.17. The highest BCUT2D eigenvalue weighted by Crippen LogP contribution is 2.18. The van der Waals surface area contributed by atoms with Crippen LogP contribution in [0.25, 0.3) is 0 Å². The Balaban J connectivity index is 2.48. The van der Waals surface area contributed by atoms with E-state index < -0.39 is 6.10 Å². The lowest BCUT2D eigenvalue weighted by atomic mass is 9.96. The van der Waals surface area contributed by atoms with Gasteiger partial charge < -0.3 is 15.3 Å². The van der Waals surface area contributed by atoms with E-state index in [4.69, 9.17) is 5.11 Å². The van der Waals surface area contributed by atoms with Crippen LogP contribution in [0.5, 0.6) is 0 Å². The Kier molecular flexibility index (Phi) is 5.59. The highest BCUT2D eigenvalue weighted by Gasteiger charge is 2.29. The Morgan fingerprint density at radius 3 is 2.61 bits per heavy atom. The molecule has 5 heteroatoms. The molecule has 0 aromatic rings. The molecule has 0 aromatic heterocycles. The molecule has 18 heavy (non-hydrogen) atoms. The molecule has 1 aliphatic heterocycles. The number of nitrogens with zero attached hydrogens (tertiary/aromatic N) is 1. The molecular formula is C13H24N2O3. The van der Waals surface area contributed by atoms with E-state index in [0.29, 0.717) is 6.54 Å². The summed E-state index contributed by atoms with van der Waals surface area (Å²) >= 11 is 0. The van der Waals surface area contributed by atoms with Crippen LogP contribution >= 0.6 is 0 Å². The number of likely N-dealkylation sites (tertiary alicyclic amines) is 1. The average molecular weight is 256 g/mol. The SMILES string of the molecule is CC(C)C(=O)N1CCCC(C(=O)NC[C@H](C)O)C1. The largest absolute Gasteiger partial charge is 0.392 e. The van der Waals surface area contributed by atoms with Gasteiger partial charge in [0.1, 0.15) is 0 Å². The number of rotatable bonds is 4. The molecule has 0 aromatic carbocycles. The molecule has 0 spiro atoms. The van der Waals surface area contributed by atoms with Crippen molar-refractivity contribution in [2.24, 2.45) is 11.8 Å². The number of hydrogen-bond donors (Lipinski definition) is 2. The number of nitrogens with one attached hydrogen (secondary N) is 1. The van der Waals surface area contributed by atoms with Crippen LogP contribution < -0.4 is 5.32 Å². The van der Waals surface area contributed by atoms with Crippen LogP contribution in [-0.2, 0) is 9.59 Å². The Bertz CT molecular complexity index is 303. The molecule has 1 saturated heterocycles. The smallest absolute Gasteiger partial charge is 0.225 e. The van der Waals surface area contributed by atoms with Gasteiger partial charge in [0.15, 0.2) is 0 Å². The molecule has 2 atom stereocenters. The fourth-order valence-corrected chi connectivity index (χ4v) is 2.15. The van der Waals surface area contributed by atoms with Crippen LogP contribution in [0, 0.1) is 11.8 Å². The zero-order chi connectivity index (χ0) is 13.7. The maximum atomic E-state index is 11.9. The molecule has 2 N–H and O–H groups in total. The van der Waals surface area contributed by atoms with E-state index in [0.717, 1.165) is 19.4 Å².